The third kappa shape index (κ3) is 4.08. The average Bonchev–Trinajstić information content (AvgIpc) is 3.24. The van der Waals surface area contributed by atoms with E-state index in [4.69, 9.17) is 4.52 Å². The Morgan fingerprint density at radius 1 is 1.21 bits per heavy atom. The molecule has 4 rings (SSSR count). The van der Waals surface area contributed by atoms with Crippen LogP contribution in [-0.4, -0.2) is 39.0 Å². The zero-order valence-corrected chi connectivity index (χ0v) is 15.4. The normalized spacial score (nSPS) is 16.9. The first-order valence-corrected chi connectivity index (χ1v) is 9.47. The molecular formula is C21H21FN4O2. The second kappa shape index (κ2) is 8.29. The number of aromatic nitrogens is 3. The maximum Gasteiger partial charge on any atom is 0.276 e. The molecule has 0 radical (unpaired) electrons. The topological polar surface area (TPSA) is 72.1 Å². The van der Waals surface area contributed by atoms with Crippen molar-refractivity contribution in [3.63, 3.8) is 0 Å². The largest absolute Gasteiger partial charge is 0.342 e. The lowest BCUT2D eigenvalue weighted by Crippen LogP contribution is -2.39. The van der Waals surface area contributed by atoms with E-state index in [9.17, 15) is 9.18 Å². The van der Waals surface area contributed by atoms with Gasteiger partial charge in [-0.15, -0.1) is 0 Å². The number of hydrogen-bond donors (Lipinski definition) is 0. The Bertz CT molecular complexity index is 944. The lowest BCUT2D eigenvalue weighted by atomic mass is 9.96. The molecule has 1 amide bonds. The van der Waals surface area contributed by atoms with E-state index in [1.165, 1.54) is 6.07 Å². The highest BCUT2D eigenvalue weighted by molar-refractivity contribution is 5.76. The molecule has 3 heterocycles. The lowest BCUT2D eigenvalue weighted by molar-refractivity contribution is -0.132. The Labute approximate surface area is 162 Å². The van der Waals surface area contributed by atoms with Gasteiger partial charge in [0.25, 0.3) is 5.89 Å². The molecule has 1 atom stereocenters. The molecule has 7 heteroatoms. The number of benzene rings is 1. The minimum Gasteiger partial charge on any atom is -0.342 e. The van der Waals surface area contributed by atoms with Crippen LogP contribution < -0.4 is 0 Å². The predicted molar refractivity (Wildman–Crippen MR) is 101 cm³/mol. The summed E-state index contributed by atoms with van der Waals surface area (Å²) in [4.78, 5) is 23.1. The average molecular weight is 380 g/mol. The second-order valence-electron chi connectivity index (χ2n) is 6.94. The summed E-state index contributed by atoms with van der Waals surface area (Å²) in [6.45, 7) is 1.26. The molecule has 2 aromatic heterocycles. The van der Waals surface area contributed by atoms with Gasteiger partial charge >= 0.3 is 0 Å². The van der Waals surface area contributed by atoms with E-state index in [-0.39, 0.29) is 17.6 Å². The number of rotatable bonds is 5. The molecule has 0 N–H and O–H groups in total. The molecule has 1 aliphatic heterocycles. The van der Waals surface area contributed by atoms with E-state index in [0.29, 0.717) is 48.9 Å². The number of hydrogen-bond acceptors (Lipinski definition) is 5. The van der Waals surface area contributed by atoms with Gasteiger partial charge in [0.15, 0.2) is 5.82 Å². The van der Waals surface area contributed by atoms with Gasteiger partial charge in [0, 0.05) is 31.6 Å². The molecule has 0 unspecified atom stereocenters. The number of carbonyl (C=O) groups excluding carboxylic acids is 1. The smallest absolute Gasteiger partial charge is 0.276 e. The van der Waals surface area contributed by atoms with Crippen LogP contribution in [0.1, 0.15) is 36.6 Å². The van der Waals surface area contributed by atoms with Crippen molar-refractivity contribution < 1.29 is 13.7 Å². The number of nitrogens with zero attached hydrogens (tertiary/aromatic N) is 4. The first-order chi connectivity index (χ1) is 13.7. The molecule has 0 saturated carbocycles. The number of aryl methyl sites for hydroxylation is 1. The first-order valence-electron chi connectivity index (χ1n) is 9.47. The van der Waals surface area contributed by atoms with Crippen molar-refractivity contribution in [2.45, 2.75) is 31.6 Å². The van der Waals surface area contributed by atoms with Crippen molar-refractivity contribution in [2.75, 3.05) is 13.1 Å². The standard InChI is InChI=1S/C21H21FN4O2/c22-17-8-2-1-6-15(17)10-11-19(27)26-13-5-7-16(14-26)20-24-21(28-25-20)18-9-3-4-12-23-18/h1-4,6,8-9,12,16H,5,7,10-11,13-14H2/t16-/m1/s1. The fraction of sp³-hybridized carbons (Fsp3) is 0.333. The number of carbonyl (C=O) groups is 1. The first kappa shape index (κ1) is 18.3. The zero-order valence-electron chi connectivity index (χ0n) is 15.4. The number of amides is 1. The Balaban J connectivity index is 1.38. The van der Waals surface area contributed by atoms with Crippen LogP contribution in [0.2, 0.25) is 0 Å². The molecule has 1 aromatic carbocycles. The summed E-state index contributed by atoms with van der Waals surface area (Å²) >= 11 is 0. The molecule has 1 saturated heterocycles. The van der Waals surface area contributed by atoms with Gasteiger partial charge in [0.1, 0.15) is 11.5 Å². The summed E-state index contributed by atoms with van der Waals surface area (Å²) in [5.41, 5.74) is 1.21. The van der Waals surface area contributed by atoms with E-state index >= 15 is 0 Å². The Morgan fingerprint density at radius 3 is 2.89 bits per heavy atom. The van der Waals surface area contributed by atoms with Gasteiger partial charge in [-0.1, -0.05) is 29.4 Å². The predicted octanol–water partition coefficient (Wildman–Crippen LogP) is 3.61. The highest BCUT2D eigenvalue weighted by Gasteiger charge is 2.28. The van der Waals surface area contributed by atoms with E-state index in [2.05, 4.69) is 15.1 Å². The maximum atomic E-state index is 13.8. The van der Waals surface area contributed by atoms with Crippen LogP contribution in [0.15, 0.2) is 53.2 Å². The van der Waals surface area contributed by atoms with Crippen molar-refractivity contribution in [3.8, 4) is 11.6 Å². The molecule has 0 spiro atoms. The fourth-order valence-electron chi connectivity index (χ4n) is 3.51. The molecule has 0 aliphatic carbocycles. The van der Waals surface area contributed by atoms with Crippen LogP contribution in [0, 0.1) is 5.82 Å². The summed E-state index contributed by atoms with van der Waals surface area (Å²) in [6, 6.07) is 12.1. The van der Waals surface area contributed by atoms with Crippen LogP contribution in [0.5, 0.6) is 0 Å². The Kier molecular flexibility index (Phi) is 5.41. The number of likely N-dealkylation sites (tertiary alicyclic amines) is 1. The number of pyridine rings is 1. The zero-order chi connectivity index (χ0) is 19.3. The SMILES string of the molecule is O=C(CCc1ccccc1F)N1CCC[C@@H](c2noc(-c3ccccn3)n2)C1. The van der Waals surface area contributed by atoms with Crippen LogP contribution in [0.25, 0.3) is 11.6 Å². The summed E-state index contributed by atoms with van der Waals surface area (Å²) in [7, 11) is 0. The van der Waals surface area contributed by atoms with Gasteiger partial charge in [-0.2, -0.15) is 4.98 Å². The molecule has 0 bridgehead atoms. The van der Waals surface area contributed by atoms with E-state index in [1.807, 2.05) is 23.1 Å². The third-order valence-electron chi connectivity index (χ3n) is 5.03. The Hall–Kier alpha value is -3.09. The molecule has 3 aromatic rings. The number of piperidine rings is 1. The van der Waals surface area contributed by atoms with Gasteiger partial charge < -0.3 is 9.42 Å². The van der Waals surface area contributed by atoms with Crippen molar-refractivity contribution >= 4 is 5.91 Å². The number of halogens is 1. The molecule has 6 nitrogen and oxygen atoms in total. The lowest BCUT2D eigenvalue weighted by Gasteiger charge is -2.31. The highest BCUT2D eigenvalue weighted by atomic mass is 19.1. The molecular weight excluding hydrogens is 359 g/mol. The molecule has 1 fully saturated rings. The van der Waals surface area contributed by atoms with E-state index < -0.39 is 0 Å². The Morgan fingerprint density at radius 2 is 2.07 bits per heavy atom. The minimum atomic E-state index is -0.263. The molecule has 1 aliphatic rings. The quantitative estimate of drug-likeness (QED) is 0.676. The molecule has 28 heavy (non-hydrogen) atoms. The van der Waals surface area contributed by atoms with Crippen LogP contribution in [0.4, 0.5) is 4.39 Å². The van der Waals surface area contributed by atoms with Gasteiger partial charge in [0.05, 0.1) is 0 Å². The summed E-state index contributed by atoms with van der Waals surface area (Å²) in [5, 5.41) is 4.10. The van der Waals surface area contributed by atoms with E-state index in [0.717, 1.165) is 12.8 Å². The van der Waals surface area contributed by atoms with Crippen molar-refractivity contribution in [2.24, 2.45) is 0 Å². The summed E-state index contributed by atoms with van der Waals surface area (Å²) in [5.74, 6) is 0.792. The van der Waals surface area contributed by atoms with E-state index in [1.54, 1.807) is 24.4 Å². The van der Waals surface area contributed by atoms with Gasteiger partial charge in [-0.05, 0) is 43.0 Å². The summed E-state index contributed by atoms with van der Waals surface area (Å²) < 4.78 is 19.1. The highest BCUT2D eigenvalue weighted by Crippen LogP contribution is 2.27. The van der Waals surface area contributed by atoms with Gasteiger partial charge in [-0.25, -0.2) is 4.39 Å². The second-order valence-corrected chi connectivity index (χ2v) is 6.94. The van der Waals surface area contributed by atoms with Crippen LogP contribution >= 0.6 is 0 Å². The fourth-order valence-corrected chi connectivity index (χ4v) is 3.51. The van der Waals surface area contributed by atoms with Crippen LogP contribution in [0.3, 0.4) is 0 Å². The maximum absolute atomic E-state index is 13.8. The third-order valence-corrected chi connectivity index (χ3v) is 5.03. The summed E-state index contributed by atoms with van der Waals surface area (Å²) in [6.07, 6.45) is 4.15. The van der Waals surface area contributed by atoms with Crippen LogP contribution in [-0.2, 0) is 11.2 Å². The molecule has 144 valence electrons. The van der Waals surface area contributed by atoms with Gasteiger partial charge in [0.2, 0.25) is 5.91 Å². The minimum absolute atomic E-state index is 0.0291. The monoisotopic (exact) mass is 380 g/mol. The van der Waals surface area contributed by atoms with Crippen molar-refractivity contribution in [1.82, 2.24) is 20.0 Å². The van der Waals surface area contributed by atoms with Crippen molar-refractivity contribution in [3.05, 3.63) is 65.9 Å². The van der Waals surface area contributed by atoms with Crippen molar-refractivity contribution in [1.29, 1.82) is 0 Å². The van der Waals surface area contributed by atoms with Gasteiger partial charge in [-0.3, -0.25) is 9.78 Å².